The fourth-order valence-electron chi connectivity index (χ4n) is 1.16. The summed E-state index contributed by atoms with van der Waals surface area (Å²) >= 11 is 0. The van der Waals surface area contributed by atoms with Crippen LogP contribution in [-0.2, 0) is 0 Å². The van der Waals surface area contributed by atoms with E-state index in [0.29, 0.717) is 11.5 Å². The van der Waals surface area contributed by atoms with Gasteiger partial charge < -0.3 is 5.32 Å². The van der Waals surface area contributed by atoms with Crippen LogP contribution in [0.3, 0.4) is 0 Å². The summed E-state index contributed by atoms with van der Waals surface area (Å²) in [6.45, 7) is 7.01. The number of hydrogen-bond donors (Lipinski definition) is 1. The predicted molar refractivity (Wildman–Crippen MR) is 57.7 cm³/mol. The first-order chi connectivity index (χ1) is 6.61. The van der Waals surface area contributed by atoms with Crippen molar-refractivity contribution in [2.75, 3.05) is 11.9 Å². The van der Waals surface area contributed by atoms with Crippen molar-refractivity contribution >= 4 is 12.1 Å². The molecule has 0 saturated carbocycles. The van der Waals surface area contributed by atoms with E-state index in [9.17, 15) is 4.79 Å². The zero-order valence-electron chi connectivity index (χ0n) is 8.87. The number of hydrogen-bond acceptors (Lipinski definition) is 3. The van der Waals surface area contributed by atoms with E-state index in [1.807, 2.05) is 6.92 Å². The van der Waals surface area contributed by atoms with Gasteiger partial charge in [-0.1, -0.05) is 13.8 Å². The minimum absolute atomic E-state index is 0.567. The maximum Gasteiger partial charge on any atom is 0.150 e. The van der Waals surface area contributed by atoms with Gasteiger partial charge in [0.15, 0.2) is 0 Å². The van der Waals surface area contributed by atoms with Gasteiger partial charge in [0.1, 0.15) is 12.1 Å². The number of nitrogens with zero attached hydrogens (tertiary/aromatic N) is 1. The lowest BCUT2D eigenvalue weighted by atomic mass is 10.2. The monoisotopic (exact) mass is 192 g/mol. The van der Waals surface area contributed by atoms with Crippen LogP contribution in [0, 0.1) is 12.8 Å². The number of pyridine rings is 1. The molecule has 0 unspecified atom stereocenters. The second-order valence-corrected chi connectivity index (χ2v) is 3.82. The number of rotatable bonds is 4. The molecule has 3 nitrogen and oxygen atoms in total. The molecule has 0 aliphatic carbocycles. The van der Waals surface area contributed by atoms with Crippen molar-refractivity contribution in [2.24, 2.45) is 5.92 Å². The van der Waals surface area contributed by atoms with Crippen molar-refractivity contribution in [3.63, 3.8) is 0 Å². The maximum atomic E-state index is 10.6. The maximum absolute atomic E-state index is 10.6. The largest absolute Gasteiger partial charge is 0.370 e. The average molecular weight is 192 g/mol. The molecule has 0 bridgehead atoms. The Morgan fingerprint density at radius 2 is 2.21 bits per heavy atom. The Labute approximate surface area is 84.6 Å². The van der Waals surface area contributed by atoms with Gasteiger partial charge in [-0.25, -0.2) is 4.98 Å². The van der Waals surface area contributed by atoms with E-state index >= 15 is 0 Å². The van der Waals surface area contributed by atoms with Crippen molar-refractivity contribution in [2.45, 2.75) is 20.8 Å². The second kappa shape index (κ2) is 4.74. The van der Waals surface area contributed by atoms with Gasteiger partial charge >= 0.3 is 0 Å². The van der Waals surface area contributed by atoms with Crippen LogP contribution in [0.4, 0.5) is 5.82 Å². The zero-order valence-corrected chi connectivity index (χ0v) is 8.87. The molecule has 76 valence electrons. The molecule has 0 spiro atoms. The van der Waals surface area contributed by atoms with E-state index in [0.717, 1.165) is 24.3 Å². The number of aldehydes is 1. The lowest BCUT2D eigenvalue weighted by Gasteiger charge is -2.08. The van der Waals surface area contributed by atoms with Crippen LogP contribution in [0.25, 0.3) is 0 Å². The highest BCUT2D eigenvalue weighted by atomic mass is 16.1. The summed E-state index contributed by atoms with van der Waals surface area (Å²) in [5, 5.41) is 3.19. The van der Waals surface area contributed by atoms with Crippen LogP contribution in [-0.4, -0.2) is 17.8 Å². The van der Waals surface area contributed by atoms with E-state index in [-0.39, 0.29) is 0 Å². The first kappa shape index (κ1) is 10.7. The van der Waals surface area contributed by atoms with Crippen LogP contribution >= 0.6 is 0 Å². The third kappa shape index (κ3) is 3.17. The molecule has 3 heteroatoms. The van der Waals surface area contributed by atoms with Crippen LogP contribution in [0.2, 0.25) is 0 Å². The van der Waals surface area contributed by atoms with Crippen molar-refractivity contribution in [3.05, 3.63) is 23.4 Å². The molecule has 14 heavy (non-hydrogen) atoms. The summed E-state index contributed by atoms with van der Waals surface area (Å²) in [7, 11) is 0. The van der Waals surface area contributed by atoms with Crippen LogP contribution in [0.1, 0.15) is 29.9 Å². The van der Waals surface area contributed by atoms with Gasteiger partial charge in [0.05, 0.1) is 0 Å². The van der Waals surface area contributed by atoms with E-state index in [2.05, 4.69) is 24.1 Å². The average Bonchev–Trinajstić information content (AvgIpc) is 2.14. The Morgan fingerprint density at radius 3 is 2.79 bits per heavy atom. The highest BCUT2D eigenvalue weighted by Crippen LogP contribution is 2.08. The number of carbonyl (C=O) groups is 1. The first-order valence-corrected chi connectivity index (χ1v) is 4.79. The minimum atomic E-state index is 0.567. The summed E-state index contributed by atoms with van der Waals surface area (Å²) in [6, 6.07) is 3.54. The van der Waals surface area contributed by atoms with E-state index < -0.39 is 0 Å². The molecule has 0 saturated heterocycles. The fraction of sp³-hybridized carbons (Fsp3) is 0.455. The standard InChI is InChI=1S/C11H16N2O/c1-8(2)6-12-11-5-10(7-14)4-9(3)13-11/h4-5,7-8H,6H2,1-3H3,(H,12,13). The van der Waals surface area contributed by atoms with Crippen molar-refractivity contribution in [1.82, 2.24) is 4.98 Å². The zero-order chi connectivity index (χ0) is 10.6. The van der Waals surface area contributed by atoms with Crippen LogP contribution in [0.15, 0.2) is 12.1 Å². The minimum Gasteiger partial charge on any atom is -0.370 e. The van der Waals surface area contributed by atoms with Crippen molar-refractivity contribution < 1.29 is 4.79 Å². The van der Waals surface area contributed by atoms with Gasteiger partial charge in [-0.2, -0.15) is 0 Å². The Balaban J connectivity index is 2.76. The molecule has 0 aliphatic rings. The summed E-state index contributed by atoms with van der Waals surface area (Å²) in [5.74, 6) is 1.35. The van der Waals surface area contributed by atoms with E-state index in [4.69, 9.17) is 0 Å². The van der Waals surface area contributed by atoms with Gasteiger partial charge in [-0.05, 0) is 25.0 Å². The lowest BCUT2D eigenvalue weighted by Crippen LogP contribution is -2.09. The van der Waals surface area contributed by atoms with Gasteiger partial charge in [0.2, 0.25) is 0 Å². The number of carbonyl (C=O) groups excluding carboxylic acids is 1. The molecule has 0 amide bonds. The molecule has 1 aromatic heterocycles. The van der Waals surface area contributed by atoms with Crippen LogP contribution < -0.4 is 5.32 Å². The topological polar surface area (TPSA) is 42.0 Å². The predicted octanol–water partition coefficient (Wildman–Crippen LogP) is 2.27. The molecule has 0 fully saturated rings. The first-order valence-electron chi connectivity index (χ1n) is 4.79. The molecule has 1 heterocycles. The molecule has 1 N–H and O–H groups in total. The van der Waals surface area contributed by atoms with Crippen molar-refractivity contribution in [3.8, 4) is 0 Å². The molecule has 1 rings (SSSR count). The Hall–Kier alpha value is -1.38. The normalized spacial score (nSPS) is 10.3. The third-order valence-electron chi connectivity index (χ3n) is 1.80. The summed E-state index contributed by atoms with van der Waals surface area (Å²) in [5.41, 5.74) is 1.53. The quantitative estimate of drug-likeness (QED) is 0.744. The number of anilines is 1. The molecule has 0 aromatic carbocycles. The lowest BCUT2D eigenvalue weighted by molar-refractivity contribution is 0.112. The second-order valence-electron chi connectivity index (χ2n) is 3.82. The van der Waals surface area contributed by atoms with E-state index in [1.54, 1.807) is 12.1 Å². The van der Waals surface area contributed by atoms with Gasteiger partial charge in [0.25, 0.3) is 0 Å². The number of aryl methyl sites for hydroxylation is 1. The molecule has 1 aromatic rings. The fourth-order valence-corrected chi connectivity index (χ4v) is 1.16. The van der Waals surface area contributed by atoms with Gasteiger partial charge in [0, 0.05) is 17.8 Å². The van der Waals surface area contributed by atoms with Gasteiger partial charge in [-0.15, -0.1) is 0 Å². The van der Waals surface area contributed by atoms with Gasteiger partial charge in [-0.3, -0.25) is 4.79 Å². The molecule has 0 radical (unpaired) electrons. The molecular formula is C11H16N2O. The summed E-state index contributed by atoms with van der Waals surface area (Å²) in [4.78, 5) is 14.9. The molecule has 0 aliphatic heterocycles. The van der Waals surface area contributed by atoms with E-state index in [1.165, 1.54) is 0 Å². The number of nitrogens with one attached hydrogen (secondary N) is 1. The highest BCUT2D eigenvalue weighted by Gasteiger charge is 1.99. The summed E-state index contributed by atoms with van der Waals surface area (Å²) in [6.07, 6.45) is 0.842. The van der Waals surface area contributed by atoms with Crippen LogP contribution in [0.5, 0.6) is 0 Å². The Bertz CT molecular complexity index is 321. The smallest absolute Gasteiger partial charge is 0.150 e. The molecule has 0 atom stereocenters. The highest BCUT2D eigenvalue weighted by molar-refractivity contribution is 5.76. The SMILES string of the molecule is Cc1cc(C=O)cc(NCC(C)C)n1. The third-order valence-corrected chi connectivity index (χ3v) is 1.80. The Kier molecular flexibility index (Phi) is 3.63. The summed E-state index contributed by atoms with van der Waals surface area (Å²) < 4.78 is 0. The number of aromatic nitrogens is 1. The Morgan fingerprint density at radius 1 is 1.50 bits per heavy atom. The van der Waals surface area contributed by atoms with Crippen molar-refractivity contribution in [1.29, 1.82) is 0 Å². The molecular weight excluding hydrogens is 176 g/mol.